The number of hydrogen-bond acceptors (Lipinski definition) is 4. The molecule has 0 aliphatic rings. The van der Waals surface area contributed by atoms with E-state index >= 15 is 0 Å². The van der Waals surface area contributed by atoms with Gasteiger partial charge in [0.05, 0.1) is 11.1 Å². The van der Waals surface area contributed by atoms with E-state index in [1.54, 1.807) is 42.7 Å². The Labute approximate surface area is 192 Å². The largest absolute Gasteiger partial charge is 0.361 e. The van der Waals surface area contributed by atoms with Gasteiger partial charge in [-0.2, -0.15) is 9.41 Å². The van der Waals surface area contributed by atoms with Crippen LogP contribution in [0.5, 0.6) is 0 Å². The number of nitrogens with zero attached hydrogens (tertiary/aromatic N) is 2. The van der Waals surface area contributed by atoms with E-state index in [0.29, 0.717) is 24.3 Å². The van der Waals surface area contributed by atoms with Gasteiger partial charge in [-0.3, -0.25) is 5.43 Å². The molecule has 32 heavy (non-hydrogen) atoms. The van der Waals surface area contributed by atoms with E-state index in [2.05, 4.69) is 20.8 Å². The summed E-state index contributed by atoms with van der Waals surface area (Å²) >= 11 is 5.17. The molecule has 0 bridgehead atoms. The Kier molecular flexibility index (Phi) is 7.94. The Morgan fingerprint density at radius 2 is 1.94 bits per heavy atom. The second-order valence-corrected chi connectivity index (χ2v) is 9.54. The van der Waals surface area contributed by atoms with Gasteiger partial charge in [-0.05, 0) is 61.5 Å². The smallest absolute Gasteiger partial charge is 0.243 e. The fourth-order valence-electron chi connectivity index (χ4n) is 3.27. The first-order chi connectivity index (χ1) is 15.3. The molecule has 0 amide bonds. The molecular formula is C22H26FN5O2S2. The molecule has 1 heterocycles. The number of thiocarbonyl (C=S) groups is 1. The Hall–Kier alpha value is -2.82. The lowest BCUT2D eigenvalue weighted by Gasteiger charge is -2.21. The zero-order valence-electron chi connectivity index (χ0n) is 17.9. The number of hydrogen-bond donors (Lipinski definition) is 3. The van der Waals surface area contributed by atoms with Gasteiger partial charge in [-0.25, -0.2) is 12.8 Å². The number of halogens is 1. The van der Waals surface area contributed by atoms with Crippen LogP contribution >= 0.6 is 12.2 Å². The molecule has 1 aromatic heterocycles. The normalized spacial score (nSPS) is 12.0. The molecule has 0 saturated heterocycles. The highest BCUT2D eigenvalue weighted by atomic mass is 32.2. The first-order valence-corrected chi connectivity index (χ1v) is 12.2. The summed E-state index contributed by atoms with van der Waals surface area (Å²) in [5.74, 6) is -0.373. The maximum Gasteiger partial charge on any atom is 0.243 e. The van der Waals surface area contributed by atoms with Crippen molar-refractivity contribution in [1.29, 1.82) is 0 Å². The molecule has 3 rings (SSSR count). The van der Waals surface area contributed by atoms with Gasteiger partial charge in [0, 0.05) is 41.4 Å². The number of sulfonamides is 1. The molecule has 0 spiro atoms. The topological polar surface area (TPSA) is 89.6 Å². The minimum Gasteiger partial charge on any atom is -0.361 e. The highest BCUT2D eigenvalue weighted by Gasteiger charge is 2.23. The van der Waals surface area contributed by atoms with Crippen LogP contribution in [0.1, 0.15) is 32.3 Å². The Bertz CT molecular complexity index is 1220. The lowest BCUT2D eigenvalue weighted by atomic mass is 10.2. The molecule has 0 unspecified atom stereocenters. The van der Waals surface area contributed by atoms with E-state index in [0.717, 1.165) is 23.7 Å². The maximum atomic E-state index is 13.3. The van der Waals surface area contributed by atoms with Crippen LogP contribution in [0.2, 0.25) is 0 Å². The van der Waals surface area contributed by atoms with Gasteiger partial charge in [-0.15, -0.1) is 0 Å². The molecule has 0 radical (unpaired) electrons. The molecule has 10 heteroatoms. The molecule has 3 N–H and O–H groups in total. The Morgan fingerprint density at radius 1 is 1.19 bits per heavy atom. The fourth-order valence-corrected chi connectivity index (χ4v) is 5.10. The van der Waals surface area contributed by atoms with Crippen LogP contribution in [0, 0.1) is 5.82 Å². The standard InChI is InChI=1S/C22H26FN5O2S2/c1-3-10-28(11-4-2)32(29,30)19-8-9-21-20(13-19)16(14-24-21)15-25-27-22(31)26-18-7-5-6-17(23)12-18/h5-9,12-15,24H,3-4,10-11H2,1-2H3,(H2,26,27,31). The predicted octanol–water partition coefficient (Wildman–Crippen LogP) is 4.44. The van der Waals surface area contributed by atoms with Crippen molar-refractivity contribution in [3.63, 3.8) is 0 Å². The van der Waals surface area contributed by atoms with Gasteiger partial charge in [-0.1, -0.05) is 19.9 Å². The van der Waals surface area contributed by atoms with E-state index in [4.69, 9.17) is 12.2 Å². The summed E-state index contributed by atoms with van der Waals surface area (Å²) in [5, 5.41) is 7.88. The van der Waals surface area contributed by atoms with Crippen LogP contribution in [0.25, 0.3) is 10.9 Å². The van der Waals surface area contributed by atoms with Crippen molar-refractivity contribution in [3.05, 3.63) is 60.0 Å². The maximum absolute atomic E-state index is 13.3. The van der Waals surface area contributed by atoms with Crippen molar-refractivity contribution >= 4 is 50.2 Å². The number of H-pyrrole nitrogens is 1. The summed E-state index contributed by atoms with van der Waals surface area (Å²) < 4.78 is 41.0. The number of anilines is 1. The second kappa shape index (κ2) is 10.7. The summed E-state index contributed by atoms with van der Waals surface area (Å²) in [7, 11) is -3.59. The number of fused-ring (bicyclic) bond motifs is 1. The third-order valence-electron chi connectivity index (χ3n) is 4.72. The molecule has 0 saturated carbocycles. The molecule has 2 aromatic carbocycles. The number of aromatic amines is 1. The average Bonchev–Trinajstić information content (AvgIpc) is 3.16. The minimum atomic E-state index is -3.59. The van der Waals surface area contributed by atoms with Crippen LogP contribution in [-0.4, -0.2) is 42.1 Å². The van der Waals surface area contributed by atoms with Gasteiger partial charge in [0.15, 0.2) is 5.11 Å². The van der Waals surface area contributed by atoms with Crippen LogP contribution in [0.3, 0.4) is 0 Å². The van der Waals surface area contributed by atoms with Crippen molar-refractivity contribution in [2.45, 2.75) is 31.6 Å². The van der Waals surface area contributed by atoms with Crippen LogP contribution < -0.4 is 10.7 Å². The van der Waals surface area contributed by atoms with E-state index in [9.17, 15) is 12.8 Å². The molecule has 0 atom stereocenters. The van der Waals surface area contributed by atoms with Crippen molar-refractivity contribution < 1.29 is 12.8 Å². The monoisotopic (exact) mass is 475 g/mol. The van der Waals surface area contributed by atoms with Crippen molar-refractivity contribution in [1.82, 2.24) is 14.7 Å². The van der Waals surface area contributed by atoms with Crippen LogP contribution in [0.15, 0.2) is 58.7 Å². The van der Waals surface area contributed by atoms with E-state index in [1.165, 1.54) is 16.4 Å². The zero-order valence-corrected chi connectivity index (χ0v) is 19.6. The van der Waals surface area contributed by atoms with Gasteiger partial charge in [0.2, 0.25) is 10.0 Å². The summed E-state index contributed by atoms with van der Waals surface area (Å²) in [6.07, 6.45) is 4.79. The van der Waals surface area contributed by atoms with Crippen LogP contribution in [-0.2, 0) is 10.0 Å². The Balaban J connectivity index is 1.77. The van der Waals surface area contributed by atoms with Gasteiger partial charge >= 0.3 is 0 Å². The highest BCUT2D eigenvalue weighted by Crippen LogP contribution is 2.24. The average molecular weight is 476 g/mol. The molecule has 0 aliphatic heterocycles. The van der Waals surface area contributed by atoms with Gasteiger partial charge in [0.1, 0.15) is 5.82 Å². The predicted molar refractivity (Wildman–Crippen MR) is 131 cm³/mol. The first-order valence-electron chi connectivity index (χ1n) is 10.3. The molecule has 0 aliphatic carbocycles. The summed E-state index contributed by atoms with van der Waals surface area (Å²) in [5.41, 5.74) is 4.68. The van der Waals surface area contributed by atoms with E-state index in [1.807, 2.05) is 13.8 Å². The fraction of sp³-hybridized carbons (Fsp3) is 0.273. The molecule has 3 aromatic rings. The molecule has 170 valence electrons. The van der Waals surface area contributed by atoms with Crippen molar-refractivity contribution in [2.75, 3.05) is 18.4 Å². The minimum absolute atomic E-state index is 0.199. The lowest BCUT2D eigenvalue weighted by molar-refractivity contribution is 0.410. The quantitative estimate of drug-likeness (QED) is 0.242. The Morgan fingerprint density at radius 3 is 2.62 bits per heavy atom. The first kappa shape index (κ1) is 23.8. The van der Waals surface area contributed by atoms with E-state index < -0.39 is 10.0 Å². The SMILES string of the molecule is CCCN(CCC)S(=O)(=O)c1ccc2[nH]cc(C=NNC(=S)Nc3cccc(F)c3)c2c1. The van der Waals surface area contributed by atoms with Crippen LogP contribution in [0.4, 0.5) is 10.1 Å². The number of rotatable bonds is 9. The third kappa shape index (κ3) is 5.70. The lowest BCUT2D eigenvalue weighted by Crippen LogP contribution is -2.32. The second-order valence-electron chi connectivity index (χ2n) is 7.19. The number of nitrogens with one attached hydrogen (secondary N) is 3. The summed E-state index contributed by atoms with van der Waals surface area (Å²) in [4.78, 5) is 3.36. The van der Waals surface area contributed by atoms with Gasteiger partial charge < -0.3 is 10.3 Å². The highest BCUT2D eigenvalue weighted by molar-refractivity contribution is 7.89. The van der Waals surface area contributed by atoms with Crippen molar-refractivity contribution in [2.24, 2.45) is 5.10 Å². The number of hydrazone groups is 1. The van der Waals surface area contributed by atoms with Gasteiger partial charge in [0.25, 0.3) is 0 Å². The van der Waals surface area contributed by atoms with E-state index in [-0.39, 0.29) is 15.8 Å². The summed E-state index contributed by atoms with van der Waals surface area (Å²) in [6.45, 7) is 4.88. The number of aromatic nitrogens is 1. The summed E-state index contributed by atoms with van der Waals surface area (Å²) in [6, 6.07) is 10.9. The molecule has 0 fully saturated rings. The third-order valence-corrected chi connectivity index (χ3v) is 6.81. The van der Waals surface area contributed by atoms with Crippen molar-refractivity contribution in [3.8, 4) is 0 Å². The molecular weight excluding hydrogens is 449 g/mol. The molecule has 7 nitrogen and oxygen atoms in total. The number of benzene rings is 2. The zero-order chi connectivity index (χ0) is 23.1.